The van der Waals surface area contributed by atoms with Crippen LogP contribution >= 0.6 is 63.7 Å². The van der Waals surface area contributed by atoms with Crippen molar-refractivity contribution in [3.63, 3.8) is 0 Å². The maximum Gasteiger partial charge on any atom is 0.177 e. The monoisotopic (exact) mass is 522 g/mol. The summed E-state index contributed by atoms with van der Waals surface area (Å²) in [5.41, 5.74) is 1.73. The number of Topliss-reactive ketones (excluding diaryl/α,β-unsaturated/α-hetero) is 1. The van der Waals surface area contributed by atoms with Gasteiger partial charge >= 0.3 is 0 Å². The summed E-state index contributed by atoms with van der Waals surface area (Å²) < 4.78 is 1.89. The second-order valence-corrected chi connectivity index (χ2v) is 8.04. The highest BCUT2D eigenvalue weighted by Gasteiger charge is 2.26. The van der Waals surface area contributed by atoms with Crippen molar-refractivity contribution < 1.29 is 4.79 Å². The molecule has 0 aliphatic heterocycles. The number of carbonyl (C=O) groups is 1. The van der Waals surface area contributed by atoms with Crippen molar-refractivity contribution in [2.24, 2.45) is 0 Å². The number of ketones is 1. The summed E-state index contributed by atoms with van der Waals surface area (Å²) >= 11 is 13.9. The molecule has 0 spiro atoms. The molecule has 0 radical (unpaired) electrons. The lowest BCUT2D eigenvalue weighted by Crippen LogP contribution is -2.19. The van der Waals surface area contributed by atoms with Gasteiger partial charge in [0.2, 0.25) is 0 Å². The largest absolute Gasteiger partial charge is 0.293 e. The Balaban J connectivity index is 2.22. The number of hydrogen-bond donors (Lipinski definition) is 0. The van der Waals surface area contributed by atoms with Gasteiger partial charge in [0.15, 0.2) is 5.78 Å². The summed E-state index contributed by atoms with van der Waals surface area (Å²) in [6.45, 7) is 0. The first-order chi connectivity index (χ1) is 9.49. The molecular weight excluding hydrogens is 516 g/mol. The first-order valence-corrected chi connectivity index (χ1v) is 9.24. The van der Waals surface area contributed by atoms with Crippen LogP contribution in [0.25, 0.3) is 0 Å². The van der Waals surface area contributed by atoms with Gasteiger partial charge in [-0.15, -0.1) is 0 Å². The maximum absolute atomic E-state index is 12.5. The molecule has 2 aromatic rings. The predicted octanol–water partition coefficient (Wildman–Crippen LogP) is 6.29. The van der Waals surface area contributed by atoms with Gasteiger partial charge in [0, 0.05) is 14.5 Å². The normalized spacial score (nSPS) is 13.8. The van der Waals surface area contributed by atoms with Crippen LogP contribution in [0.3, 0.4) is 0 Å². The van der Waals surface area contributed by atoms with Crippen LogP contribution < -0.4 is 0 Å². The molecule has 20 heavy (non-hydrogen) atoms. The lowest BCUT2D eigenvalue weighted by atomic mass is 10.0. The van der Waals surface area contributed by atoms with Crippen LogP contribution in [-0.2, 0) is 0 Å². The number of halogens is 4. The minimum Gasteiger partial charge on any atom is -0.293 e. The van der Waals surface area contributed by atoms with Crippen LogP contribution in [0.2, 0.25) is 0 Å². The summed E-state index contributed by atoms with van der Waals surface area (Å²) in [6, 6.07) is 15.3. The number of benzene rings is 2. The van der Waals surface area contributed by atoms with Crippen molar-refractivity contribution in [1.82, 2.24) is 0 Å². The Hall–Kier alpha value is 0.0300. The van der Waals surface area contributed by atoms with Crippen LogP contribution in [-0.4, -0.2) is 10.6 Å². The molecule has 0 heterocycles. The lowest BCUT2D eigenvalue weighted by molar-refractivity contribution is 0.0991. The van der Waals surface area contributed by atoms with Crippen molar-refractivity contribution in [2.45, 2.75) is 9.65 Å². The molecule has 0 amide bonds. The molecule has 2 unspecified atom stereocenters. The molecule has 0 fully saturated rings. The Kier molecular flexibility index (Phi) is 6.02. The molecule has 2 atom stereocenters. The van der Waals surface area contributed by atoms with Crippen LogP contribution in [0.5, 0.6) is 0 Å². The summed E-state index contributed by atoms with van der Waals surface area (Å²) in [6.07, 6.45) is 0. The first-order valence-electron chi connectivity index (χ1n) is 5.82. The third-order valence-corrected chi connectivity index (χ3v) is 6.48. The van der Waals surface area contributed by atoms with E-state index in [1.807, 2.05) is 48.5 Å². The van der Waals surface area contributed by atoms with E-state index in [4.69, 9.17) is 0 Å². The summed E-state index contributed by atoms with van der Waals surface area (Å²) in [5, 5.41) is 0. The molecule has 0 aliphatic rings. The van der Waals surface area contributed by atoms with E-state index in [2.05, 4.69) is 63.7 Å². The van der Waals surface area contributed by atoms with E-state index in [1.165, 1.54) is 0 Å². The van der Waals surface area contributed by atoms with E-state index in [-0.39, 0.29) is 15.4 Å². The Bertz CT molecular complexity index is 627. The molecule has 0 aliphatic carbocycles. The third kappa shape index (κ3) is 4.03. The van der Waals surface area contributed by atoms with Crippen LogP contribution in [0.15, 0.2) is 57.5 Å². The minimum atomic E-state index is -0.328. The second kappa shape index (κ2) is 7.34. The van der Waals surface area contributed by atoms with Gasteiger partial charge in [-0.3, -0.25) is 4.79 Å². The lowest BCUT2D eigenvalue weighted by Gasteiger charge is -2.16. The van der Waals surface area contributed by atoms with Crippen LogP contribution in [0, 0.1) is 0 Å². The molecule has 0 N–H and O–H groups in total. The van der Waals surface area contributed by atoms with Gasteiger partial charge < -0.3 is 0 Å². The van der Waals surface area contributed by atoms with E-state index in [0.29, 0.717) is 5.56 Å². The number of rotatable bonds is 4. The van der Waals surface area contributed by atoms with Crippen LogP contribution in [0.4, 0.5) is 0 Å². The molecular formula is C15H10Br4O. The highest BCUT2D eigenvalue weighted by atomic mass is 79.9. The Morgan fingerprint density at radius 1 is 0.900 bits per heavy atom. The van der Waals surface area contributed by atoms with Crippen molar-refractivity contribution in [1.29, 1.82) is 0 Å². The standard InChI is InChI=1S/C15H10Br4O/c16-11-5-1-3-9(7-11)13(18)14(19)15(20)10-4-2-6-12(17)8-10/h1-8,13-14H. The van der Waals surface area contributed by atoms with Crippen molar-refractivity contribution >= 4 is 69.5 Å². The molecule has 2 aromatic carbocycles. The van der Waals surface area contributed by atoms with Crippen molar-refractivity contribution in [2.75, 3.05) is 0 Å². The fraction of sp³-hybridized carbons (Fsp3) is 0.133. The van der Waals surface area contributed by atoms with E-state index in [1.54, 1.807) is 0 Å². The zero-order valence-corrected chi connectivity index (χ0v) is 16.5. The maximum atomic E-state index is 12.5. The molecule has 0 saturated heterocycles. The van der Waals surface area contributed by atoms with Gasteiger partial charge in [-0.1, -0.05) is 88.0 Å². The molecule has 104 valence electrons. The summed E-state index contributed by atoms with van der Waals surface area (Å²) in [4.78, 5) is 12.1. The zero-order valence-electron chi connectivity index (χ0n) is 10.2. The topological polar surface area (TPSA) is 17.1 Å². The smallest absolute Gasteiger partial charge is 0.177 e. The first kappa shape index (κ1) is 16.4. The quantitative estimate of drug-likeness (QED) is 0.338. The molecule has 0 bridgehead atoms. The SMILES string of the molecule is O=C(c1cccc(Br)c1)C(Br)C(Br)c1cccc(Br)c1. The highest BCUT2D eigenvalue weighted by molar-refractivity contribution is 9.12. The van der Waals surface area contributed by atoms with E-state index >= 15 is 0 Å². The van der Waals surface area contributed by atoms with E-state index < -0.39 is 0 Å². The van der Waals surface area contributed by atoms with Gasteiger partial charge in [-0.05, 0) is 29.8 Å². The van der Waals surface area contributed by atoms with Gasteiger partial charge in [0.1, 0.15) is 0 Å². The minimum absolute atomic E-state index is 0.0492. The second-order valence-electron chi connectivity index (χ2n) is 4.23. The fourth-order valence-corrected chi connectivity index (χ4v) is 3.69. The molecule has 5 heteroatoms. The Labute approximate surface area is 151 Å². The number of hydrogen-bond acceptors (Lipinski definition) is 1. The van der Waals surface area contributed by atoms with Gasteiger partial charge in [0.25, 0.3) is 0 Å². The molecule has 2 rings (SSSR count). The molecule has 0 saturated carbocycles. The Morgan fingerprint density at radius 3 is 2.10 bits per heavy atom. The third-order valence-electron chi connectivity index (χ3n) is 2.78. The van der Waals surface area contributed by atoms with Gasteiger partial charge in [-0.25, -0.2) is 0 Å². The zero-order chi connectivity index (χ0) is 14.7. The predicted molar refractivity (Wildman–Crippen MR) is 97.0 cm³/mol. The average Bonchev–Trinajstić information content (AvgIpc) is 2.45. The van der Waals surface area contributed by atoms with E-state index in [0.717, 1.165) is 14.5 Å². The van der Waals surface area contributed by atoms with Crippen LogP contribution in [0.1, 0.15) is 20.7 Å². The van der Waals surface area contributed by atoms with Gasteiger partial charge in [0.05, 0.1) is 9.65 Å². The Morgan fingerprint density at radius 2 is 1.50 bits per heavy atom. The summed E-state index contributed by atoms with van der Waals surface area (Å²) in [7, 11) is 0. The molecule has 0 aromatic heterocycles. The van der Waals surface area contributed by atoms with E-state index in [9.17, 15) is 4.79 Å². The fourth-order valence-electron chi connectivity index (χ4n) is 1.78. The van der Waals surface area contributed by atoms with Crippen molar-refractivity contribution in [3.05, 3.63) is 68.6 Å². The average molecular weight is 526 g/mol. The number of carbonyl (C=O) groups excluding carboxylic acids is 1. The number of alkyl halides is 2. The summed E-state index contributed by atoms with van der Waals surface area (Å²) in [5.74, 6) is 0.0492. The highest BCUT2D eigenvalue weighted by Crippen LogP contribution is 2.34. The molecule has 1 nitrogen and oxygen atoms in total. The van der Waals surface area contributed by atoms with Gasteiger partial charge in [-0.2, -0.15) is 0 Å². The van der Waals surface area contributed by atoms with Crippen molar-refractivity contribution in [3.8, 4) is 0 Å².